The first kappa shape index (κ1) is 71.2. The van der Waals surface area contributed by atoms with Crippen molar-refractivity contribution in [2.45, 2.75) is 231 Å². The second-order valence-corrected chi connectivity index (χ2v) is 31.0. The van der Waals surface area contributed by atoms with Gasteiger partial charge >= 0.3 is 0 Å². The fourth-order valence-electron chi connectivity index (χ4n) is 20.0. The van der Waals surface area contributed by atoms with Crippen LogP contribution < -0.4 is 0 Å². The Hall–Kier alpha value is -7.81. The fourth-order valence-corrected chi connectivity index (χ4v) is 20.0. The molecule has 523 valence electrons. The van der Waals surface area contributed by atoms with Gasteiger partial charge in [-0.15, -0.1) is 17.7 Å². The summed E-state index contributed by atoms with van der Waals surface area (Å²) in [4.78, 5) is 5.13. The Morgan fingerprint density at radius 2 is 0.569 bits per heavy atom. The normalized spacial score (nSPS) is 14.7. The maximum absolute atomic E-state index is 16.8. The Balaban J connectivity index is 0.00000882. The summed E-state index contributed by atoms with van der Waals surface area (Å²) in [5.74, 6) is -0.374. The van der Waals surface area contributed by atoms with E-state index in [2.05, 4.69) is 250 Å². The summed E-state index contributed by atoms with van der Waals surface area (Å²) in [6.07, 6.45) is 29.8. The molecule has 0 saturated carbocycles. The molecule has 102 heavy (non-hydrogen) atoms. The molecule has 0 fully saturated rings. The Kier molecular flexibility index (Phi) is 21.0. The zero-order valence-electron chi connectivity index (χ0n) is 62.2. The third-order valence-corrected chi connectivity index (χ3v) is 25.1. The number of pyridine rings is 1. The van der Waals surface area contributed by atoms with Gasteiger partial charge in [-0.1, -0.05) is 315 Å². The summed E-state index contributed by atoms with van der Waals surface area (Å²) >= 11 is 0. The van der Waals surface area contributed by atoms with Gasteiger partial charge in [-0.3, -0.25) is 0 Å². The molecule has 0 bridgehead atoms. The molecule has 0 atom stereocenters. The van der Waals surface area contributed by atoms with Crippen LogP contribution in [-0.4, -0.2) is 4.98 Å². The van der Waals surface area contributed by atoms with E-state index in [1.54, 1.807) is 6.07 Å². The minimum atomic E-state index is -0.374. The van der Waals surface area contributed by atoms with Gasteiger partial charge in [0.25, 0.3) is 0 Å². The average molecular weight is 1520 g/mol. The van der Waals surface area contributed by atoms with Crippen molar-refractivity contribution in [3.8, 4) is 100 Å². The predicted octanol–water partition coefficient (Wildman–Crippen LogP) is 29.1. The molecule has 0 saturated heterocycles. The van der Waals surface area contributed by atoms with E-state index in [0.717, 1.165) is 105 Å². The van der Waals surface area contributed by atoms with E-state index in [1.165, 1.54) is 199 Å². The molecule has 15 rings (SSSR count). The number of hydrogen-bond acceptors (Lipinski definition) is 1. The first-order chi connectivity index (χ1) is 49.6. The molecule has 1 nitrogen and oxygen atoms in total. The van der Waals surface area contributed by atoms with Crippen LogP contribution in [0.1, 0.15) is 254 Å². The molecule has 4 aliphatic rings. The van der Waals surface area contributed by atoms with E-state index in [9.17, 15) is 0 Å². The summed E-state index contributed by atoms with van der Waals surface area (Å²) in [6.45, 7) is 18.8. The minimum absolute atomic E-state index is 0. The van der Waals surface area contributed by atoms with Gasteiger partial charge in [0.1, 0.15) is 0 Å². The van der Waals surface area contributed by atoms with Gasteiger partial charge < -0.3 is 4.98 Å². The quantitative estimate of drug-likeness (QED) is 0.0426. The zero-order chi connectivity index (χ0) is 69.5. The van der Waals surface area contributed by atoms with Crippen LogP contribution >= 0.6 is 0 Å². The molecule has 3 heteroatoms. The molecule has 0 spiro atoms. The summed E-state index contributed by atoms with van der Waals surface area (Å²) in [6, 6.07) is 78.8. The van der Waals surface area contributed by atoms with E-state index in [1.807, 2.05) is 6.20 Å². The molecule has 1 heterocycles. The van der Waals surface area contributed by atoms with Crippen LogP contribution in [0.5, 0.6) is 0 Å². The first-order valence-corrected chi connectivity index (χ1v) is 39.8. The zero-order valence-corrected chi connectivity index (χ0v) is 64.6. The molecular weight excluding hydrogens is 1410 g/mol. The van der Waals surface area contributed by atoms with Gasteiger partial charge in [-0.25, -0.2) is 4.39 Å². The van der Waals surface area contributed by atoms with Crippen LogP contribution in [-0.2, 0) is 41.8 Å². The molecule has 10 aromatic carbocycles. The number of aromatic nitrogens is 1. The molecule has 0 unspecified atom stereocenters. The van der Waals surface area contributed by atoms with Crippen LogP contribution in [0.4, 0.5) is 4.39 Å². The monoisotopic (exact) mass is 1520 g/mol. The minimum Gasteiger partial charge on any atom is -0.304 e. The van der Waals surface area contributed by atoms with E-state index < -0.39 is 0 Å². The second-order valence-electron chi connectivity index (χ2n) is 31.0. The maximum Gasteiger partial charge on any atom is 0.0410 e. The number of fused-ring (bicyclic) bond motifs is 13. The Morgan fingerprint density at radius 3 is 0.922 bits per heavy atom. The Bertz CT molecular complexity index is 4850. The Labute approximate surface area is 624 Å². The number of benzene rings is 10. The average Bonchev–Trinajstić information content (AvgIpc) is 1.57. The molecule has 0 amide bonds. The number of hydrogen-bond donors (Lipinski definition) is 0. The molecular formula is C99H105FIrN-. The number of nitrogens with zero attached hydrogens (tertiary/aromatic N) is 1. The molecule has 4 aliphatic carbocycles. The maximum atomic E-state index is 16.8. The third kappa shape index (κ3) is 12.1. The number of rotatable bonds is 29. The molecule has 0 aliphatic heterocycles. The Morgan fingerprint density at radius 1 is 0.275 bits per heavy atom. The molecule has 11 aromatic rings. The van der Waals surface area contributed by atoms with Crippen molar-refractivity contribution in [1.82, 2.24) is 4.98 Å². The van der Waals surface area contributed by atoms with E-state index in [0.29, 0.717) is 5.56 Å². The smallest absolute Gasteiger partial charge is 0.0410 e. The topological polar surface area (TPSA) is 12.9 Å². The van der Waals surface area contributed by atoms with Crippen LogP contribution in [0.25, 0.3) is 111 Å². The van der Waals surface area contributed by atoms with Gasteiger partial charge in [0.15, 0.2) is 0 Å². The van der Waals surface area contributed by atoms with Gasteiger partial charge in [-0.2, -0.15) is 0 Å². The second kappa shape index (κ2) is 30.1. The molecule has 1 radical (unpaired) electrons. The van der Waals surface area contributed by atoms with Gasteiger partial charge in [0.05, 0.1) is 0 Å². The predicted molar refractivity (Wildman–Crippen MR) is 429 cm³/mol. The van der Waals surface area contributed by atoms with Crippen molar-refractivity contribution in [2.75, 3.05) is 0 Å². The van der Waals surface area contributed by atoms with Crippen LogP contribution in [0.3, 0.4) is 0 Å². The van der Waals surface area contributed by atoms with Crippen LogP contribution in [0.15, 0.2) is 200 Å². The molecule has 1 aromatic heterocycles. The number of halogens is 1. The van der Waals surface area contributed by atoms with E-state index in [4.69, 9.17) is 4.98 Å². The van der Waals surface area contributed by atoms with Gasteiger partial charge in [0, 0.05) is 53.8 Å². The van der Waals surface area contributed by atoms with E-state index in [-0.39, 0.29) is 47.6 Å². The first-order valence-electron chi connectivity index (χ1n) is 39.8. The van der Waals surface area contributed by atoms with Crippen molar-refractivity contribution in [2.24, 2.45) is 0 Å². The van der Waals surface area contributed by atoms with Crippen molar-refractivity contribution in [3.63, 3.8) is 0 Å². The van der Waals surface area contributed by atoms with Crippen LogP contribution in [0, 0.1) is 11.9 Å². The summed E-state index contributed by atoms with van der Waals surface area (Å²) in [5, 5.41) is 2.11. The summed E-state index contributed by atoms with van der Waals surface area (Å²) in [5.41, 5.74) is 33.8. The fraction of sp³-hybridized carbons (Fsp3) is 0.364. The van der Waals surface area contributed by atoms with E-state index >= 15 is 4.39 Å². The van der Waals surface area contributed by atoms with Crippen molar-refractivity contribution in [1.29, 1.82) is 0 Å². The number of unbranched alkanes of at least 4 members (excludes halogenated alkanes) is 8. The van der Waals surface area contributed by atoms with Crippen molar-refractivity contribution in [3.05, 3.63) is 257 Å². The van der Waals surface area contributed by atoms with Gasteiger partial charge in [-0.05, 0) is 232 Å². The standard InChI is InChI=1S/C99H105FN.Ir/c1-9-17-49-96(50-18-10-2)87-34-27-25-30-78(87)80-42-36-67(61-89(80)96)69-38-44-82-84-46-40-71(65-93(84)98(53-21-13-5,54-22-14-6)91(82)63-69)73-58-74(60-75(100)59-73)95-86-33-29-32-76(77(86)48-57-101-95)72-41-47-85-83-45-39-70(64-92(83)99(55-23-15-7,56-24-16-8)94(85)66-72)68-37-43-81-79-31-26-28-35-88(79)97(51-19-11-3,52-20-12-4)90(81)62-68;/h25-48,57-59,61-66H,9-24,49-56H2,1-8H3;/q-1;. The van der Waals surface area contributed by atoms with Crippen LogP contribution in [0.2, 0.25) is 0 Å². The summed E-state index contributed by atoms with van der Waals surface area (Å²) < 4.78 is 16.8. The van der Waals surface area contributed by atoms with Crippen molar-refractivity contribution < 1.29 is 24.5 Å². The molecule has 0 N–H and O–H groups in total. The largest absolute Gasteiger partial charge is 0.304 e. The van der Waals surface area contributed by atoms with Crippen molar-refractivity contribution >= 4 is 10.8 Å². The van der Waals surface area contributed by atoms with Gasteiger partial charge in [0.2, 0.25) is 0 Å². The summed E-state index contributed by atoms with van der Waals surface area (Å²) in [7, 11) is 0. The third-order valence-electron chi connectivity index (χ3n) is 25.1. The SMILES string of the molecule is CCCCC1(CCCC)c2ccccc2-c2ccc(-c3ccc4c(c3)C(CCCC)(CCCC)c3cc(-c5cc(F)[c-]c(-c6nccc7c(-c8ccc9c(c8)C(CCCC)(CCCC)c8cc(-c%10ccc%11c(c%10)C(CCCC)(CCCC)c%10ccccc%10-%11)ccc8-9)cccc67)c5)ccc3-4)cc21.[Ir].